The molecule has 0 radical (unpaired) electrons. The molecule has 4 heteroatoms. The van der Waals surface area contributed by atoms with Gasteiger partial charge < -0.3 is 14.4 Å². The molecule has 24 heavy (non-hydrogen) atoms. The van der Waals surface area contributed by atoms with E-state index in [1.54, 1.807) is 12.1 Å². The fourth-order valence-electron chi connectivity index (χ4n) is 4.15. The van der Waals surface area contributed by atoms with Gasteiger partial charge in [-0.25, -0.2) is 4.79 Å². The number of carbonyl (C=O) groups is 1. The van der Waals surface area contributed by atoms with Crippen molar-refractivity contribution in [1.29, 1.82) is 0 Å². The number of benzene rings is 1. The molecular formula is C20H29NO3. The van der Waals surface area contributed by atoms with Crippen molar-refractivity contribution in [2.24, 2.45) is 5.92 Å². The molecule has 0 amide bonds. The average molecular weight is 331 g/mol. The predicted molar refractivity (Wildman–Crippen MR) is 94.4 cm³/mol. The van der Waals surface area contributed by atoms with Crippen LogP contribution in [0, 0.1) is 5.92 Å². The molecule has 0 bridgehead atoms. The van der Waals surface area contributed by atoms with E-state index in [9.17, 15) is 4.79 Å². The summed E-state index contributed by atoms with van der Waals surface area (Å²) in [5.74, 6) is 1.25. The summed E-state index contributed by atoms with van der Waals surface area (Å²) in [7, 11) is 0. The summed E-state index contributed by atoms with van der Waals surface area (Å²) in [5.41, 5.74) is 0.599. The first-order valence-electron chi connectivity index (χ1n) is 9.42. The number of ether oxygens (including phenoxy) is 2. The van der Waals surface area contributed by atoms with Crippen molar-refractivity contribution in [3.05, 3.63) is 29.8 Å². The zero-order valence-corrected chi connectivity index (χ0v) is 14.7. The Kier molecular flexibility index (Phi) is 6.13. The molecule has 0 aromatic heterocycles. The summed E-state index contributed by atoms with van der Waals surface area (Å²) in [4.78, 5) is 14.8. The van der Waals surface area contributed by atoms with E-state index < -0.39 is 0 Å². The normalized spacial score (nSPS) is 24.2. The lowest BCUT2D eigenvalue weighted by Gasteiger charge is -2.44. The first kappa shape index (κ1) is 17.3. The molecule has 0 aliphatic carbocycles. The van der Waals surface area contributed by atoms with E-state index in [0.29, 0.717) is 24.7 Å². The van der Waals surface area contributed by atoms with Crippen molar-refractivity contribution in [3.63, 3.8) is 0 Å². The van der Waals surface area contributed by atoms with E-state index >= 15 is 0 Å². The quantitative estimate of drug-likeness (QED) is 0.741. The molecule has 2 atom stereocenters. The van der Waals surface area contributed by atoms with Crippen LogP contribution in [0.3, 0.4) is 0 Å². The predicted octanol–water partition coefficient (Wildman–Crippen LogP) is 3.90. The highest BCUT2D eigenvalue weighted by Gasteiger charge is 2.32. The Morgan fingerprint density at radius 3 is 2.71 bits per heavy atom. The molecule has 2 aliphatic rings. The average Bonchev–Trinajstić information content (AvgIpc) is 2.63. The summed E-state index contributed by atoms with van der Waals surface area (Å²) in [6, 6.07) is 7.91. The van der Waals surface area contributed by atoms with Gasteiger partial charge in [0.05, 0.1) is 18.8 Å². The third-order valence-corrected chi connectivity index (χ3v) is 5.35. The maximum absolute atomic E-state index is 12.2. The van der Waals surface area contributed by atoms with Crippen LogP contribution in [0.4, 0.5) is 0 Å². The molecule has 1 aromatic rings. The third kappa shape index (κ3) is 4.29. The van der Waals surface area contributed by atoms with Gasteiger partial charge in [-0.05, 0) is 82.3 Å². The Morgan fingerprint density at radius 1 is 1.12 bits per heavy atom. The molecular weight excluding hydrogens is 302 g/mol. The highest BCUT2D eigenvalue weighted by atomic mass is 16.5. The Bertz CT molecular complexity index is 526. The van der Waals surface area contributed by atoms with Crippen LogP contribution in [0.25, 0.3) is 0 Å². The summed E-state index contributed by atoms with van der Waals surface area (Å²) < 4.78 is 10.9. The molecule has 2 saturated heterocycles. The van der Waals surface area contributed by atoms with Crippen molar-refractivity contribution >= 4 is 5.97 Å². The number of hydrogen-bond donors (Lipinski definition) is 0. The molecule has 2 unspecified atom stereocenters. The van der Waals surface area contributed by atoms with Crippen molar-refractivity contribution in [3.8, 4) is 5.75 Å². The van der Waals surface area contributed by atoms with Crippen LogP contribution in [0.5, 0.6) is 5.75 Å². The van der Waals surface area contributed by atoms with Gasteiger partial charge in [-0.15, -0.1) is 0 Å². The first-order chi connectivity index (χ1) is 11.8. The topological polar surface area (TPSA) is 38.8 Å². The molecule has 0 spiro atoms. The van der Waals surface area contributed by atoms with Crippen molar-refractivity contribution < 1.29 is 14.3 Å². The van der Waals surface area contributed by atoms with E-state index in [1.807, 2.05) is 19.1 Å². The van der Waals surface area contributed by atoms with E-state index in [4.69, 9.17) is 9.47 Å². The fourth-order valence-corrected chi connectivity index (χ4v) is 4.15. The van der Waals surface area contributed by atoms with Crippen LogP contribution in [0.15, 0.2) is 24.3 Å². The van der Waals surface area contributed by atoms with Gasteiger partial charge >= 0.3 is 5.97 Å². The van der Waals surface area contributed by atoms with Gasteiger partial charge in [0.2, 0.25) is 0 Å². The van der Waals surface area contributed by atoms with E-state index in [-0.39, 0.29) is 5.97 Å². The highest BCUT2D eigenvalue weighted by molar-refractivity contribution is 5.89. The van der Waals surface area contributed by atoms with Gasteiger partial charge in [0, 0.05) is 6.04 Å². The van der Waals surface area contributed by atoms with Gasteiger partial charge in [-0.3, -0.25) is 0 Å². The number of piperidine rings is 2. The maximum Gasteiger partial charge on any atom is 0.338 e. The third-order valence-electron chi connectivity index (χ3n) is 5.35. The number of esters is 1. The molecule has 2 fully saturated rings. The van der Waals surface area contributed by atoms with Crippen LogP contribution in [0.1, 0.15) is 55.8 Å². The van der Waals surface area contributed by atoms with Gasteiger partial charge in [0.15, 0.2) is 0 Å². The van der Waals surface area contributed by atoms with Crippen molar-refractivity contribution in [2.75, 3.05) is 26.3 Å². The summed E-state index contributed by atoms with van der Waals surface area (Å²) in [5, 5.41) is 0. The monoisotopic (exact) mass is 331 g/mol. The van der Waals surface area contributed by atoms with Gasteiger partial charge in [-0.2, -0.15) is 0 Å². The van der Waals surface area contributed by atoms with E-state index in [0.717, 1.165) is 18.2 Å². The first-order valence-corrected chi connectivity index (χ1v) is 9.42. The van der Waals surface area contributed by atoms with Crippen LogP contribution in [0.2, 0.25) is 0 Å². The lowest BCUT2D eigenvalue weighted by Crippen LogP contribution is -2.48. The second-order valence-corrected chi connectivity index (χ2v) is 6.88. The van der Waals surface area contributed by atoms with Gasteiger partial charge in [0.25, 0.3) is 0 Å². The Morgan fingerprint density at radius 2 is 1.92 bits per heavy atom. The molecule has 132 valence electrons. The second kappa shape index (κ2) is 8.52. The number of carbonyl (C=O) groups excluding carboxylic acids is 1. The number of nitrogens with zero attached hydrogens (tertiary/aromatic N) is 1. The van der Waals surface area contributed by atoms with Crippen molar-refractivity contribution in [1.82, 2.24) is 4.90 Å². The second-order valence-electron chi connectivity index (χ2n) is 6.88. The van der Waals surface area contributed by atoms with Crippen molar-refractivity contribution in [2.45, 2.75) is 51.5 Å². The SMILES string of the molecule is CCOc1ccc(C(=O)OCCC2CCCN3CCCCC23)cc1. The minimum Gasteiger partial charge on any atom is -0.494 e. The van der Waals surface area contributed by atoms with Crippen LogP contribution in [-0.4, -0.2) is 43.2 Å². The molecule has 0 saturated carbocycles. The lowest BCUT2D eigenvalue weighted by molar-refractivity contribution is 0.0296. The zero-order valence-electron chi connectivity index (χ0n) is 14.7. The molecule has 4 nitrogen and oxygen atoms in total. The Balaban J connectivity index is 1.46. The zero-order chi connectivity index (χ0) is 16.8. The van der Waals surface area contributed by atoms with E-state index in [2.05, 4.69) is 4.90 Å². The minimum absolute atomic E-state index is 0.227. The van der Waals surface area contributed by atoms with Crippen LogP contribution < -0.4 is 4.74 Å². The number of rotatable bonds is 6. The molecule has 1 aromatic carbocycles. The summed E-state index contributed by atoms with van der Waals surface area (Å²) in [6.45, 7) is 5.62. The smallest absolute Gasteiger partial charge is 0.338 e. The van der Waals surface area contributed by atoms with E-state index in [1.165, 1.54) is 45.2 Å². The Labute approximate surface area is 145 Å². The molecule has 3 rings (SSSR count). The highest BCUT2D eigenvalue weighted by Crippen LogP contribution is 2.32. The number of fused-ring (bicyclic) bond motifs is 1. The minimum atomic E-state index is -0.227. The van der Waals surface area contributed by atoms with Crippen LogP contribution in [-0.2, 0) is 4.74 Å². The molecule has 0 N–H and O–H groups in total. The molecule has 2 heterocycles. The van der Waals surface area contributed by atoms with Crippen LogP contribution >= 0.6 is 0 Å². The lowest BCUT2D eigenvalue weighted by atomic mass is 9.82. The molecule has 2 aliphatic heterocycles. The number of hydrogen-bond acceptors (Lipinski definition) is 4. The van der Waals surface area contributed by atoms with Gasteiger partial charge in [0.1, 0.15) is 5.75 Å². The fraction of sp³-hybridized carbons (Fsp3) is 0.650. The summed E-state index contributed by atoms with van der Waals surface area (Å²) in [6.07, 6.45) is 7.57. The summed E-state index contributed by atoms with van der Waals surface area (Å²) >= 11 is 0. The Hall–Kier alpha value is -1.55. The van der Waals surface area contributed by atoms with Gasteiger partial charge in [-0.1, -0.05) is 6.42 Å². The maximum atomic E-state index is 12.2. The standard InChI is InChI=1S/C20H29NO3/c1-2-23-18-10-8-17(9-11-18)20(22)24-15-12-16-6-5-14-21-13-4-3-7-19(16)21/h8-11,16,19H,2-7,12-15H2,1H3. The largest absolute Gasteiger partial charge is 0.494 e.